The Balaban J connectivity index is 1.12. The van der Waals surface area contributed by atoms with Crippen LogP contribution in [0, 0.1) is 0 Å². The number of likely N-dealkylation sites (tertiary alicyclic amines) is 1. The van der Waals surface area contributed by atoms with Crippen LogP contribution in [0.15, 0.2) is 53.2 Å². The number of fused-ring (bicyclic) bond motifs is 2. The van der Waals surface area contributed by atoms with E-state index < -0.39 is 6.10 Å². The number of amides is 2. The molecule has 3 aliphatic heterocycles. The van der Waals surface area contributed by atoms with Gasteiger partial charge in [-0.15, -0.1) is 11.8 Å². The van der Waals surface area contributed by atoms with Crippen LogP contribution in [0.25, 0.3) is 10.8 Å². The second-order valence-corrected chi connectivity index (χ2v) is 10.4. The molecule has 0 unspecified atom stereocenters. The zero-order valence-corrected chi connectivity index (χ0v) is 20.1. The Bertz CT molecular complexity index is 1120. The highest BCUT2D eigenvalue weighted by Gasteiger charge is 2.41. The van der Waals surface area contributed by atoms with Crippen molar-refractivity contribution >= 4 is 45.9 Å². The largest absolute Gasteiger partial charge is 0.382 e. The van der Waals surface area contributed by atoms with Gasteiger partial charge in [0.05, 0.1) is 13.3 Å². The van der Waals surface area contributed by atoms with Crippen LogP contribution in [0.3, 0.4) is 0 Å². The third-order valence-electron chi connectivity index (χ3n) is 6.56. The number of rotatable bonds is 5. The van der Waals surface area contributed by atoms with E-state index in [9.17, 15) is 14.7 Å². The first-order valence-corrected chi connectivity index (χ1v) is 12.5. The third kappa shape index (κ3) is 4.52. The second-order valence-electron chi connectivity index (χ2n) is 8.91. The molecule has 2 aromatic rings. The Kier molecular flexibility index (Phi) is 6.16. The summed E-state index contributed by atoms with van der Waals surface area (Å²) in [5, 5.41) is 13.4. The number of nitrogens with zero attached hydrogens (tertiary/aromatic N) is 4. The normalized spacial score (nSPS) is 20.0. The maximum atomic E-state index is 12.8. The van der Waals surface area contributed by atoms with E-state index in [1.54, 1.807) is 4.90 Å². The van der Waals surface area contributed by atoms with Crippen molar-refractivity contribution in [1.82, 2.24) is 19.6 Å². The predicted octanol–water partition coefficient (Wildman–Crippen LogP) is 2.78. The van der Waals surface area contributed by atoms with Gasteiger partial charge in [-0.3, -0.25) is 9.59 Å². The van der Waals surface area contributed by atoms with E-state index in [0.717, 1.165) is 40.9 Å². The lowest BCUT2D eigenvalue weighted by atomic mass is 10.0. The van der Waals surface area contributed by atoms with Gasteiger partial charge in [0.1, 0.15) is 11.8 Å². The number of hydrogen-bond donors (Lipinski definition) is 1. The monoisotopic (exact) mass is 486 g/mol. The van der Waals surface area contributed by atoms with E-state index in [-0.39, 0.29) is 17.9 Å². The summed E-state index contributed by atoms with van der Waals surface area (Å²) in [7, 11) is 1.96. The van der Waals surface area contributed by atoms with Gasteiger partial charge in [0, 0.05) is 48.0 Å². The van der Waals surface area contributed by atoms with Crippen molar-refractivity contribution in [3.63, 3.8) is 0 Å². The molecule has 9 heteroatoms. The molecule has 174 valence electrons. The molecule has 0 bridgehead atoms. The lowest BCUT2D eigenvalue weighted by Gasteiger charge is -2.37. The van der Waals surface area contributed by atoms with Crippen LogP contribution in [0.2, 0.25) is 5.02 Å². The van der Waals surface area contributed by atoms with Gasteiger partial charge in [0.2, 0.25) is 0 Å². The first kappa shape index (κ1) is 22.4. The average Bonchev–Trinajstić information content (AvgIpc) is 3.33. The summed E-state index contributed by atoms with van der Waals surface area (Å²) in [5.74, 6) is 0.156. The summed E-state index contributed by atoms with van der Waals surface area (Å²) < 4.78 is 0. The number of aliphatic hydroxyl groups excluding tert-OH is 1. The number of carbonyl (C=O) groups excluding carboxylic acids is 2. The SMILES string of the molecule is CN1C=C2C(=O)N(C3CCN(C(=O)[C@@H](O)CSc4ccc5cc(Cl)ccc5c4)CC3)CN2C1. The molecule has 2 fully saturated rings. The number of halogens is 1. The number of benzene rings is 2. The van der Waals surface area contributed by atoms with Crippen LogP contribution in [0.5, 0.6) is 0 Å². The second kappa shape index (κ2) is 9.08. The van der Waals surface area contributed by atoms with Gasteiger partial charge in [0.15, 0.2) is 0 Å². The molecule has 3 heterocycles. The Morgan fingerprint density at radius 1 is 1.15 bits per heavy atom. The van der Waals surface area contributed by atoms with Gasteiger partial charge < -0.3 is 24.7 Å². The number of aliphatic hydroxyl groups is 1. The fourth-order valence-electron chi connectivity index (χ4n) is 4.80. The summed E-state index contributed by atoms with van der Waals surface area (Å²) >= 11 is 7.52. The van der Waals surface area contributed by atoms with Crippen LogP contribution in [0.1, 0.15) is 12.8 Å². The van der Waals surface area contributed by atoms with Crippen LogP contribution in [-0.4, -0.2) is 87.9 Å². The molecule has 0 radical (unpaired) electrons. The number of thioether (sulfide) groups is 1. The van der Waals surface area contributed by atoms with Crippen molar-refractivity contribution in [2.24, 2.45) is 0 Å². The molecule has 2 saturated heterocycles. The van der Waals surface area contributed by atoms with Crippen molar-refractivity contribution in [2.75, 3.05) is 39.2 Å². The van der Waals surface area contributed by atoms with Gasteiger partial charge in [0.25, 0.3) is 11.8 Å². The zero-order chi connectivity index (χ0) is 23.1. The standard InChI is InChI=1S/C24H27ClN4O3S/c1-26-12-21-23(31)29(15-28(21)14-26)19-6-8-27(9-7-19)24(32)22(30)13-33-20-5-3-16-10-18(25)4-2-17(16)11-20/h2-5,10-12,19,22,30H,6-9,13-15H2,1H3/t22-/m0/s1. The highest BCUT2D eigenvalue weighted by atomic mass is 35.5. The molecule has 33 heavy (non-hydrogen) atoms. The lowest BCUT2D eigenvalue weighted by molar-refractivity contribution is -0.141. The summed E-state index contributed by atoms with van der Waals surface area (Å²) in [4.78, 5) is 34.3. The van der Waals surface area contributed by atoms with Gasteiger partial charge in [-0.2, -0.15) is 0 Å². The Morgan fingerprint density at radius 3 is 2.64 bits per heavy atom. The van der Waals surface area contributed by atoms with E-state index in [1.165, 1.54) is 11.8 Å². The summed E-state index contributed by atoms with van der Waals surface area (Å²) in [6, 6.07) is 11.9. The molecule has 0 aromatic heterocycles. The van der Waals surface area contributed by atoms with Crippen molar-refractivity contribution in [3.05, 3.63) is 53.3 Å². The van der Waals surface area contributed by atoms with E-state index in [0.29, 0.717) is 30.5 Å². The lowest BCUT2D eigenvalue weighted by Crippen LogP contribution is -2.50. The van der Waals surface area contributed by atoms with E-state index in [4.69, 9.17) is 11.6 Å². The van der Waals surface area contributed by atoms with E-state index >= 15 is 0 Å². The maximum Gasteiger partial charge on any atom is 0.273 e. The smallest absolute Gasteiger partial charge is 0.273 e. The minimum Gasteiger partial charge on any atom is -0.382 e. The maximum absolute atomic E-state index is 12.8. The molecular weight excluding hydrogens is 460 g/mol. The molecule has 0 aliphatic carbocycles. The van der Waals surface area contributed by atoms with Crippen LogP contribution in [0.4, 0.5) is 0 Å². The molecule has 1 atom stereocenters. The number of hydrogen-bond acceptors (Lipinski definition) is 6. The molecule has 2 amide bonds. The summed E-state index contributed by atoms with van der Waals surface area (Å²) in [6.07, 6.45) is 2.33. The van der Waals surface area contributed by atoms with Gasteiger partial charge in [-0.1, -0.05) is 23.7 Å². The van der Waals surface area contributed by atoms with Crippen LogP contribution in [-0.2, 0) is 9.59 Å². The predicted molar refractivity (Wildman–Crippen MR) is 130 cm³/mol. The molecule has 7 nitrogen and oxygen atoms in total. The minimum atomic E-state index is -1.05. The van der Waals surface area contributed by atoms with Crippen LogP contribution >= 0.6 is 23.4 Å². The first-order valence-electron chi connectivity index (χ1n) is 11.2. The molecule has 2 aromatic carbocycles. The highest BCUT2D eigenvalue weighted by molar-refractivity contribution is 7.99. The number of carbonyl (C=O) groups is 2. The minimum absolute atomic E-state index is 0.0817. The zero-order valence-electron chi connectivity index (χ0n) is 18.5. The van der Waals surface area contributed by atoms with Crippen molar-refractivity contribution in [1.29, 1.82) is 0 Å². The molecule has 0 spiro atoms. The first-order chi connectivity index (χ1) is 15.9. The van der Waals surface area contributed by atoms with Crippen LogP contribution < -0.4 is 0 Å². The van der Waals surface area contributed by atoms with Gasteiger partial charge >= 0.3 is 0 Å². The van der Waals surface area contributed by atoms with Gasteiger partial charge in [-0.05, 0) is 47.9 Å². The highest BCUT2D eigenvalue weighted by Crippen LogP contribution is 2.30. The topological polar surface area (TPSA) is 67.3 Å². The van der Waals surface area contributed by atoms with Gasteiger partial charge in [-0.25, -0.2) is 0 Å². The molecule has 1 N–H and O–H groups in total. The average molecular weight is 487 g/mol. The molecule has 0 saturated carbocycles. The third-order valence-corrected chi connectivity index (χ3v) is 7.87. The molecular formula is C24H27ClN4O3S. The summed E-state index contributed by atoms with van der Waals surface area (Å²) in [5.41, 5.74) is 0.764. The van der Waals surface area contributed by atoms with Crippen molar-refractivity contribution in [2.45, 2.75) is 29.9 Å². The quantitative estimate of drug-likeness (QED) is 0.655. The molecule has 3 aliphatic rings. The van der Waals surface area contributed by atoms with E-state index in [2.05, 4.69) is 4.90 Å². The molecule has 5 rings (SSSR count). The Morgan fingerprint density at radius 2 is 1.88 bits per heavy atom. The van der Waals surface area contributed by atoms with E-state index in [1.807, 2.05) is 59.4 Å². The summed E-state index contributed by atoms with van der Waals surface area (Å²) in [6.45, 7) is 2.48. The Hall–Kier alpha value is -2.42. The Labute approximate surface area is 202 Å². The fraction of sp³-hybridized carbons (Fsp3) is 0.417. The fourth-order valence-corrected chi connectivity index (χ4v) is 5.85. The van der Waals surface area contributed by atoms with Crippen molar-refractivity contribution < 1.29 is 14.7 Å². The number of piperidine rings is 1. The van der Waals surface area contributed by atoms with Crippen molar-refractivity contribution in [3.8, 4) is 0 Å².